The van der Waals surface area contributed by atoms with Gasteiger partial charge >= 0.3 is 0 Å². The predicted molar refractivity (Wildman–Crippen MR) is 133 cm³/mol. The van der Waals surface area contributed by atoms with Crippen LogP contribution < -0.4 is 10.9 Å². The van der Waals surface area contributed by atoms with Gasteiger partial charge in [-0.25, -0.2) is 18.4 Å². The Kier molecular flexibility index (Phi) is 5.51. The van der Waals surface area contributed by atoms with Gasteiger partial charge < -0.3 is 14.9 Å². The van der Waals surface area contributed by atoms with Gasteiger partial charge in [0.15, 0.2) is 9.84 Å². The average molecular weight is 478 g/mol. The van der Waals surface area contributed by atoms with Gasteiger partial charge in [-0.3, -0.25) is 4.79 Å². The van der Waals surface area contributed by atoms with Crippen LogP contribution in [0.4, 0.5) is 5.82 Å². The summed E-state index contributed by atoms with van der Waals surface area (Å²) in [7, 11) is -1.53. The van der Waals surface area contributed by atoms with Gasteiger partial charge in [-0.2, -0.15) is 0 Å². The van der Waals surface area contributed by atoms with Crippen LogP contribution in [0.25, 0.3) is 22.3 Å². The zero-order valence-corrected chi connectivity index (χ0v) is 20.2. The Balaban J connectivity index is 1.54. The molecule has 0 saturated carbocycles. The molecule has 0 saturated heterocycles. The van der Waals surface area contributed by atoms with E-state index in [-0.39, 0.29) is 23.3 Å². The smallest absolute Gasteiger partial charge is 0.250 e. The lowest BCUT2D eigenvalue weighted by Gasteiger charge is -2.26. The molecule has 1 atom stereocenters. The van der Waals surface area contributed by atoms with Gasteiger partial charge in [0.2, 0.25) is 5.56 Å². The number of benzene rings is 1. The molecule has 5 rings (SSSR count). The Morgan fingerprint density at radius 1 is 1.12 bits per heavy atom. The zero-order valence-electron chi connectivity index (χ0n) is 19.4. The number of H-pyrrole nitrogens is 1. The minimum atomic E-state index is -3.25. The molecule has 0 amide bonds. The van der Waals surface area contributed by atoms with Gasteiger partial charge in [0.05, 0.1) is 22.1 Å². The predicted octanol–water partition coefficient (Wildman–Crippen LogP) is 3.85. The van der Waals surface area contributed by atoms with Crippen molar-refractivity contribution >= 4 is 26.7 Å². The van der Waals surface area contributed by atoms with Crippen LogP contribution in [0.15, 0.2) is 58.6 Å². The quantitative estimate of drug-likeness (QED) is 0.452. The Morgan fingerprint density at radius 2 is 1.94 bits per heavy atom. The van der Waals surface area contributed by atoms with E-state index in [0.29, 0.717) is 22.8 Å². The number of hydrogen-bond acceptors (Lipinski definition) is 6. The first-order valence-electron chi connectivity index (χ1n) is 11.4. The third-order valence-electron chi connectivity index (χ3n) is 6.43. The first kappa shape index (κ1) is 22.3. The van der Waals surface area contributed by atoms with Gasteiger partial charge in [-0.15, -0.1) is 0 Å². The molecule has 1 aromatic carbocycles. The lowest BCUT2D eigenvalue weighted by molar-refractivity contribution is 0.542. The number of nitrogens with zero attached hydrogens (tertiary/aromatic N) is 3. The van der Waals surface area contributed by atoms with Crippen molar-refractivity contribution in [2.75, 3.05) is 11.1 Å². The highest BCUT2D eigenvalue weighted by Crippen LogP contribution is 2.34. The summed E-state index contributed by atoms with van der Waals surface area (Å²) in [5.74, 6) is 1.04. The van der Waals surface area contributed by atoms with Crippen molar-refractivity contribution in [3.05, 3.63) is 70.4 Å². The summed E-state index contributed by atoms with van der Waals surface area (Å²) >= 11 is 0. The molecule has 2 N–H and O–H groups in total. The van der Waals surface area contributed by atoms with E-state index in [0.717, 1.165) is 34.2 Å². The second-order valence-electron chi connectivity index (χ2n) is 9.19. The van der Waals surface area contributed by atoms with Crippen LogP contribution in [0, 0.1) is 5.92 Å². The SMILES string of the molecule is CC(C)[C@@H](Nc1ncnc2[nH]c(-c3ccc(=O)n(C)c3)cc12)c1ccc2c(c1)S(=O)(=O)CCC2. The van der Waals surface area contributed by atoms with Gasteiger partial charge in [-0.05, 0) is 48.1 Å². The highest BCUT2D eigenvalue weighted by atomic mass is 32.2. The minimum Gasteiger partial charge on any atom is -0.362 e. The van der Waals surface area contributed by atoms with Crippen molar-refractivity contribution in [1.29, 1.82) is 0 Å². The number of pyridine rings is 1. The molecule has 0 unspecified atom stereocenters. The number of aromatic amines is 1. The van der Waals surface area contributed by atoms with Gasteiger partial charge in [0, 0.05) is 30.6 Å². The molecule has 34 heavy (non-hydrogen) atoms. The minimum absolute atomic E-state index is 0.0751. The molecule has 0 fully saturated rings. The topological polar surface area (TPSA) is 110 Å². The molecule has 9 heteroatoms. The third kappa shape index (κ3) is 4.00. The highest BCUT2D eigenvalue weighted by Gasteiger charge is 2.26. The van der Waals surface area contributed by atoms with Crippen molar-refractivity contribution in [3.8, 4) is 11.3 Å². The van der Waals surface area contributed by atoms with Crippen LogP contribution in [0.1, 0.15) is 37.4 Å². The molecule has 4 heterocycles. The number of sulfone groups is 1. The largest absolute Gasteiger partial charge is 0.362 e. The van der Waals surface area contributed by atoms with Gasteiger partial charge in [0.1, 0.15) is 17.8 Å². The fraction of sp³-hybridized carbons (Fsp3) is 0.320. The van der Waals surface area contributed by atoms with Crippen LogP contribution in [0.2, 0.25) is 0 Å². The molecular weight excluding hydrogens is 450 g/mol. The summed E-state index contributed by atoms with van der Waals surface area (Å²) in [4.78, 5) is 24.4. The lowest BCUT2D eigenvalue weighted by atomic mass is 9.94. The maximum Gasteiger partial charge on any atom is 0.250 e. The van der Waals surface area contributed by atoms with E-state index in [9.17, 15) is 13.2 Å². The average Bonchev–Trinajstić information content (AvgIpc) is 3.24. The van der Waals surface area contributed by atoms with E-state index in [1.54, 1.807) is 19.3 Å². The summed E-state index contributed by atoms with van der Waals surface area (Å²) in [6, 6.07) is 10.9. The van der Waals surface area contributed by atoms with E-state index in [4.69, 9.17) is 0 Å². The maximum absolute atomic E-state index is 12.7. The Labute approximate surface area is 198 Å². The van der Waals surface area contributed by atoms with Crippen molar-refractivity contribution in [2.45, 2.75) is 37.6 Å². The van der Waals surface area contributed by atoms with Crippen molar-refractivity contribution in [1.82, 2.24) is 19.5 Å². The summed E-state index contributed by atoms with van der Waals surface area (Å²) in [6.07, 6.45) is 4.74. The second kappa shape index (κ2) is 8.39. The van der Waals surface area contributed by atoms with Crippen LogP contribution in [-0.2, 0) is 23.3 Å². The molecule has 3 aromatic heterocycles. The molecule has 176 valence electrons. The molecule has 0 bridgehead atoms. The van der Waals surface area contributed by atoms with E-state index in [1.165, 1.54) is 17.0 Å². The van der Waals surface area contributed by atoms with E-state index >= 15 is 0 Å². The Morgan fingerprint density at radius 3 is 2.71 bits per heavy atom. The van der Waals surface area contributed by atoms with Crippen molar-refractivity contribution < 1.29 is 8.42 Å². The van der Waals surface area contributed by atoms with E-state index < -0.39 is 9.84 Å². The molecule has 0 radical (unpaired) electrons. The van der Waals surface area contributed by atoms with Crippen molar-refractivity contribution in [3.63, 3.8) is 0 Å². The fourth-order valence-corrected chi connectivity index (χ4v) is 6.20. The molecule has 4 aromatic rings. The maximum atomic E-state index is 12.7. The molecule has 0 spiro atoms. The number of aryl methyl sites for hydroxylation is 2. The first-order chi connectivity index (χ1) is 16.2. The molecular formula is C25H27N5O3S. The number of hydrogen-bond donors (Lipinski definition) is 2. The van der Waals surface area contributed by atoms with E-state index in [1.807, 2.05) is 24.3 Å². The monoisotopic (exact) mass is 477 g/mol. The summed E-state index contributed by atoms with van der Waals surface area (Å²) in [6.45, 7) is 4.19. The number of nitrogens with one attached hydrogen (secondary N) is 2. The number of anilines is 1. The van der Waals surface area contributed by atoms with Crippen LogP contribution in [0.3, 0.4) is 0 Å². The number of aromatic nitrogens is 4. The lowest BCUT2D eigenvalue weighted by Crippen LogP contribution is -2.20. The number of fused-ring (bicyclic) bond motifs is 2. The summed E-state index contributed by atoms with van der Waals surface area (Å²) in [5, 5.41) is 4.36. The van der Waals surface area contributed by atoms with Gasteiger partial charge in [-0.1, -0.05) is 26.0 Å². The molecule has 0 aliphatic carbocycles. The third-order valence-corrected chi connectivity index (χ3v) is 8.30. The Hall–Kier alpha value is -3.46. The normalized spacial score (nSPS) is 15.9. The van der Waals surface area contributed by atoms with Gasteiger partial charge in [0.25, 0.3) is 0 Å². The van der Waals surface area contributed by atoms with E-state index in [2.05, 4.69) is 34.1 Å². The van der Waals surface area contributed by atoms with Crippen LogP contribution in [-0.4, -0.2) is 33.7 Å². The first-order valence-corrected chi connectivity index (χ1v) is 13.0. The molecule has 1 aliphatic heterocycles. The molecule has 1 aliphatic rings. The Bertz CT molecular complexity index is 1550. The molecule has 8 nitrogen and oxygen atoms in total. The summed E-state index contributed by atoms with van der Waals surface area (Å²) < 4.78 is 26.9. The van der Waals surface area contributed by atoms with Crippen LogP contribution >= 0.6 is 0 Å². The standard InChI is InChI=1S/C25H27N5O3S/c1-15(2)23(17-7-6-16-5-4-10-34(32,33)21(16)11-17)29-25-19-12-20(28-24(19)26-14-27-25)18-8-9-22(31)30(3)13-18/h6-9,11-15,23H,4-5,10H2,1-3H3,(H2,26,27,28,29)/t23-/m1/s1. The number of rotatable bonds is 5. The second-order valence-corrected chi connectivity index (χ2v) is 11.3. The van der Waals surface area contributed by atoms with Crippen LogP contribution in [0.5, 0.6) is 0 Å². The highest BCUT2D eigenvalue weighted by molar-refractivity contribution is 7.91. The fourth-order valence-electron chi connectivity index (χ4n) is 4.57. The summed E-state index contributed by atoms with van der Waals surface area (Å²) in [5.41, 5.74) is 4.11. The van der Waals surface area contributed by atoms with Crippen molar-refractivity contribution in [2.24, 2.45) is 13.0 Å². The zero-order chi connectivity index (χ0) is 24.0.